The van der Waals surface area contributed by atoms with Crippen LogP contribution in [0.2, 0.25) is 0 Å². The van der Waals surface area contributed by atoms with Gasteiger partial charge in [-0.2, -0.15) is 0 Å². The molecule has 1 aromatic carbocycles. The molecule has 0 unspecified atom stereocenters. The molecule has 0 radical (unpaired) electrons. The number of likely N-dealkylation sites (tertiary alicyclic amines) is 1. The van der Waals surface area contributed by atoms with Crippen LogP contribution in [0.25, 0.3) is 0 Å². The molecule has 1 N–H and O–H groups in total. The van der Waals surface area contributed by atoms with E-state index in [1.807, 2.05) is 18.2 Å². The van der Waals surface area contributed by atoms with E-state index in [4.69, 9.17) is 4.74 Å². The monoisotopic (exact) mass is 397 g/mol. The third-order valence-corrected chi connectivity index (χ3v) is 7.15. The van der Waals surface area contributed by atoms with Gasteiger partial charge >= 0.3 is 0 Å². The van der Waals surface area contributed by atoms with Crippen LogP contribution >= 0.6 is 0 Å². The highest BCUT2D eigenvalue weighted by molar-refractivity contribution is 6.05. The van der Waals surface area contributed by atoms with Gasteiger partial charge in [-0.25, -0.2) is 0 Å². The number of rotatable bonds is 4. The molecular weight excluding hydrogens is 370 g/mol. The summed E-state index contributed by atoms with van der Waals surface area (Å²) in [6.07, 6.45) is 4.51. The number of amides is 3. The second kappa shape index (κ2) is 6.83. The molecule has 1 aliphatic carbocycles. The Morgan fingerprint density at radius 3 is 2.76 bits per heavy atom. The Morgan fingerprint density at radius 1 is 1.21 bits per heavy atom. The van der Waals surface area contributed by atoms with Crippen molar-refractivity contribution in [3.63, 3.8) is 0 Å². The summed E-state index contributed by atoms with van der Waals surface area (Å²) < 4.78 is 6.45. The number of nitrogens with one attached hydrogen (secondary N) is 1. The third-order valence-electron chi connectivity index (χ3n) is 7.15. The lowest BCUT2D eigenvalue weighted by molar-refractivity contribution is -0.136. The molecule has 5 rings (SSSR count). The van der Waals surface area contributed by atoms with Crippen LogP contribution in [0.3, 0.4) is 0 Å². The molecule has 4 aliphatic rings. The van der Waals surface area contributed by atoms with E-state index >= 15 is 0 Å². The summed E-state index contributed by atoms with van der Waals surface area (Å²) >= 11 is 0. The van der Waals surface area contributed by atoms with Crippen molar-refractivity contribution in [1.29, 1.82) is 0 Å². The maximum atomic E-state index is 12.8. The summed E-state index contributed by atoms with van der Waals surface area (Å²) in [4.78, 5) is 40.5. The van der Waals surface area contributed by atoms with Gasteiger partial charge in [0.05, 0.1) is 0 Å². The lowest BCUT2D eigenvalue weighted by atomic mass is 9.90. The molecule has 29 heavy (non-hydrogen) atoms. The van der Waals surface area contributed by atoms with E-state index < -0.39 is 6.04 Å². The van der Waals surface area contributed by atoms with Gasteiger partial charge in [0, 0.05) is 30.5 Å². The first-order valence-corrected chi connectivity index (χ1v) is 10.7. The van der Waals surface area contributed by atoms with Crippen molar-refractivity contribution in [2.75, 3.05) is 19.6 Å². The second-order valence-corrected chi connectivity index (χ2v) is 8.83. The number of fused-ring (bicyclic) bond motifs is 1. The van der Waals surface area contributed by atoms with Crippen LogP contribution in [0.5, 0.6) is 5.75 Å². The molecule has 0 bridgehead atoms. The number of carbonyl (C=O) groups excluding carboxylic acids is 3. The fourth-order valence-electron chi connectivity index (χ4n) is 5.03. The largest absolute Gasteiger partial charge is 0.489 e. The molecule has 3 aliphatic heterocycles. The van der Waals surface area contributed by atoms with E-state index in [0.29, 0.717) is 23.9 Å². The zero-order chi connectivity index (χ0) is 20.2. The highest BCUT2D eigenvalue weighted by Gasteiger charge is 2.53. The predicted molar refractivity (Wildman–Crippen MR) is 105 cm³/mol. The average Bonchev–Trinajstić information content (AvgIpc) is 3.41. The predicted octanol–water partition coefficient (Wildman–Crippen LogP) is 1.70. The number of piperidine rings is 2. The first-order valence-electron chi connectivity index (χ1n) is 10.7. The number of hydrogen-bond acceptors (Lipinski definition) is 5. The number of ether oxygens (including phenoxy) is 1. The molecule has 2 saturated heterocycles. The molecule has 1 saturated carbocycles. The van der Waals surface area contributed by atoms with E-state index in [0.717, 1.165) is 30.9 Å². The highest BCUT2D eigenvalue weighted by atomic mass is 16.5. The molecule has 7 nitrogen and oxygen atoms in total. The van der Waals surface area contributed by atoms with Crippen LogP contribution < -0.4 is 10.1 Å². The van der Waals surface area contributed by atoms with Crippen molar-refractivity contribution in [1.82, 2.24) is 15.1 Å². The van der Waals surface area contributed by atoms with Gasteiger partial charge in [-0.3, -0.25) is 24.6 Å². The summed E-state index contributed by atoms with van der Waals surface area (Å²) in [6, 6.07) is 5.08. The first kappa shape index (κ1) is 18.6. The molecule has 3 amide bonds. The first-order chi connectivity index (χ1) is 14.0. The van der Waals surface area contributed by atoms with Gasteiger partial charge in [-0.15, -0.1) is 0 Å². The quantitative estimate of drug-likeness (QED) is 0.783. The fraction of sp³-hybridized carbons (Fsp3) is 0.591. The van der Waals surface area contributed by atoms with E-state index in [1.54, 1.807) is 4.90 Å². The highest BCUT2D eigenvalue weighted by Crippen LogP contribution is 2.54. The van der Waals surface area contributed by atoms with Gasteiger partial charge in [0.15, 0.2) is 0 Å². The maximum absolute atomic E-state index is 12.8. The minimum absolute atomic E-state index is 0.144. The van der Waals surface area contributed by atoms with Gasteiger partial charge in [0.25, 0.3) is 5.91 Å². The van der Waals surface area contributed by atoms with E-state index in [9.17, 15) is 14.4 Å². The molecule has 1 spiro atoms. The van der Waals surface area contributed by atoms with E-state index in [1.165, 1.54) is 19.3 Å². The maximum Gasteiger partial charge on any atom is 0.255 e. The van der Waals surface area contributed by atoms with Crippen LogP contribution in [0.4, 0.5) is 0 Å². The number of nitrogens with zero attached hydrogens (tertiary/aromatic N) is 2. The van der Waals surface area contributed by atoms with Crippen molar-refractivity contribution >= 4 is 17.7 Å². The Bertz CT molecular complexity index is 879. The van der Waals surface area contributed by atoms with Crippen LogP contribution in [0, 0.1) is 5.41 Å². The lowest BCUT2D eigenvalue weighted by Gasteiger charge is -2.38. The van der Waals surface area contributed by atoms with Crippen molar-refractivity contribution in [3.8, 4) is 5.75 Å². The number of imide groups is 1. The van der Waals surface area contributed by atoms with Gasteiger partial charge in [-0.1, -0.05) is 6.92 Å². The van der Waals surface area contributed by atoms with Crippen LogP contribution in [0.1, 0.15) is 54.9 Å². The van der Waals surface area contributed by atoms with Crippen LogP contribution in [-0.4, -0.2) is 59.3 Å². The van der Waals surface area contributed by atoms with Crippen molar-refractivity contribution in [2.24, 2.45) is 5.41 Å². The van der Waals surface area contributed by atoms with E-state index in [-0.39, 0.29) is 30.2 Å². The normalized spacial score (nSPS) is 28.4. The topological polar surface area (TPSA) is 79.0 Å². The Kier molecular flexibility index (Phi) is 4.38. The molecule has 154 valence electrons. The summed E-state index contributed by atoms with van der Waals surface area (Å²) in [5, 5.41) is 2.34. The van der Waals surface area contributed by atoms with Crippen LogP contribution in [-0.2, 0) is 16.1 Å². The summed E-state index contributed by atoms with van der Waals surface area (Å²) in [5.41, 5.74) is 1.85. The lowest BCUT2D eigenvalue weighted by Crippen LogP contribution is -2.52. The summed E-state index contributed by atoms with van der Waals surface area (Å²) in [6.45, 7) is 5.71. The average molecular weight is 397 g/mol. The molecule has 7 heteroatoms. The minimum Gasteiger partial charge on any atom is -0.489 e. The Labute approximate surface area is 170 Å². The minimum atomic E-state index is -0.580. The standard InChI is InChI=1S/C22H27N3O4/c1-2-24-10-9-22(7-8-22)18(13-24)29-15-3-4-16-14(11-15)12-25(21(16)28)17-5-6-19(26)23-20(17)27/h3-4,11,17-18H,2,5-10,12-13H2,1H3,(H,23,26,27)/t17-,18+/m1/s1. The van der Waals surface area contributed by atoms with Crippen LogP contribution in [0.15, 0.2) is 18.2 Å². The smallest absolute Gasteiger partial charge is 0.255 e. The molecule has 0 aromatic heterocycles. The molecule has 3 heterocycles. The Hall–Kier alpha value is -2.41. The van der Waals surface area contributed by atoms with Gasteiger partial charge in [0.1, 0.15) is 17.9 Å². The zero-order valence-corrected chi connectivity index (χ0v) is 16.8. The zero-order valence-electron chi connectivity index (χ0n) is 16.8. The number of likely N-dealkylation sites (N-methyl/N-ethyl adjacent to an activating group) is 1. The third kappa shape index (κ3) is 3.21. The molecule has 1 aromatic rings. The molecular formula is C22H27N3O4. The summed E-state index contributed by atoms with van der Waals surface area (Å²) in [7, 11) is 0. The SMILES string of the molecule is CCN1CCC2(CC2)[C@@H](Oc2ccc3c(c2)CN([C@@H]2CCC(=O)NC2=O)C3=O)C1. The molecule has 2 atom stereocenters. The number of carbonyl (C=O) groups is 3. The van der Waals surface area contributed by atoms with Gasteiger partial charge in [-0.05, 0) is 62.5 Å². The fourth-order valence-corrected chi connectivity index (χ4v) is 5.03. The Balaban J connectivity index is 1.32. The Morgan fingerprint density at radius 2 is 2.03 bits per heavy atom. The van der Waals surface area contributed by atoms with Crippen molar-refractivity contribution in [3.05, 3.63) is 29.3 Å². The summed E-state index contributed by atoms with van der Waals surface area (Å²) in [5.74, 6) is 0.00978. The van der Waals surface area contributed by atoms with E-state index in [2.05, 4.69) is 17.1 Å². The number of benzene rings is 1. The second-order valence-electron chi connectivity index (χ2n) is 8.83. The van der Waals surface area contributed by atoms with Crippen molar-refractivity contribution < 1.29 is 19.1 Å². The van der Waals surface area contributed by atoms with Gasteiger partial charge in [0.2, 0.25) is 11.8 Å². The van der Waals surface area contributed by atoms with Gasteiger partial charge < -0.3 is 9.64 Å². The van der Waals surface area contributed by atoms with Crippen molar-refractivity contribution in [2.45, 2.75) is 57.7 Å². The molecule has 3 fully saturated rings. The number of hydrogen-bond donors (Lipinski definition) is 1.